The van der Waals surface area contributed by atoms with Gasteiger partial charge < -0.3 is 14.7 Å². The van der Waals surface area contributed by atoms with Gasteiger partial charge in [0, 0.05) is 10.9 Å². The van der Waals surface area contributed by atoms with Crippen molar-refractivity contribution in [3.05, 3.63) is 56.8 Å². The number of aliphatic hydroxyl groups is 1. The molecular formula is C24H27NO4S. The summed E-state index contributed by atoms with van der Waals surface area (Å²) >= 11 is 1.50. The van der Waals surface area contributed by atoms with Crippen LogP contribution in [-0.2, 0) is 9.59 Å². The number of ketones is 1. The first-order chi connectivity index (χ1) is 14.4. The lowest BCUT2D eigenvalue weighted by molar-refractivity contribution is -0.141. The summed E-state index contributed by atoms with van der Waals surface area (Å²) in [5.41, 5.74) is 2.44. The third-order valence-corrected chi connectivity index (χ3v) is 7.06. The molecular weight excluding hydrogens is 398 g/mol. The second kappa shape index (κ2) is 8.26. The quantitative estimate of drug-likeness (QED) is 0.419. The van der Waals surface area contributed by atoms with Gasteiger partial charge in [-0.3, -0.25) is 9.59 Å². The number of ether oxygens (including phenoxy) is 1. The van der Waals surface area contributed by atoms with Crippen LogP contribution < -0.4 is 4.74 Å². The molecule has 1 N–H and O–H groups in total. The second-order valence-corrected chi connectivity index (χ2v) is 9.16. The average molecular weight is 426 g/mol. The van der Waals surface area contributed by atoms with Crippen LogP contribution in [0.4, 0.5) is 0 Å². The smallest absolute Gasteiger partial charge is 0.295 e. The van der Waals surface area contributed by atoms with Crippen molar-refractivity contribution in [2.45, 2.75) is 58.0 Å². The number of nitrogens with zero attached hydrogens (tertiary/aromatic N) is 1. The van der Waals surface area contributed by atoms with Gasteiger partial charge in [0.05, 0.1) is 24.3 Å². The van der Waals surface area contributed by atoms with Crippen molar-refractivity contribution in [2.24, 2.45) is 0 Å². The van der Waals surface area contributed by atoms with Gasteiger partial charge in [0.25, 0.3) is 11.7 Å². The van der Waals surface area contributed by atoms with E-state index in [0.29, 0.717) is 11.3 Å². The molecule has 0 radical (unpaired) electrons. The molecule has 1 saturated heterocycles. The number of methoxy groups -OCH3 is 1. The van der Waals surface area contributed by atoms with E-state index in [-0.39, 0.29) is 17.4 Å². The standard InChI is InChI=1S/C24H27NO4S/c1-14-12-15(2)23(29-3)17(13-14)21(26)19-20(18-10-7-11-30-18)25(24(28)22(19)27)16-8-5-4-6-9-16/h7,10-13,16,20,26H,4-6,8-9H2,1-3H3/b21-19-. The molecule has 1 amide bonds. The van der Waals surface area contributed by atoms with Gasteiger partial charge in [0.2, 0.25) is 0 Å². The molecule has 2 aromatic rings. The molecule has 1 aromatic carbocycles. The fourth-order valence-electron chi connectivity index (χ4n) is 4.86. The van der Waals surface area contributed by atoms with E-state index in [1.807, 2.05) is 37.4 Å². The molecule has 2 fully saturated rings. The van der Waals surface area contributed by atoms with Gasteiger partial charge in [-0.25, -0.2) is 0 Å². The molecule has 1 aliphatic carbocycles. The number of amides is 1. The van der Waals surface area contributed by atoms with Crippen LogP contribution in [-0.4, -0.2) is 34.8 Å². The van der Waals surface area contributed by atoms with Crippen LogP contribution in [0.15, 0.2) is 35.2 Å². The maximum absolute atomic E-state index is 13.2. The number of aryl methyl sites for hydroxylation is 2. The number of likely N-dealkylation sites (tertiary alicyclic amines) is 1. The minimum atomic E-state index is -0.613. The number of benzene rings is 1. The lowest BCUT2D eigenvalue weighted by Gasteiger charge is -2.35. The minimum Gasteiger partial charge on any atom is -0.507 e. The van der Waals surface area contributed by atoms with Gasteiger partial charge in [-0.2, -0.15) is 0 Å². The van der Waals surface area contributed by atoms with E-state index in [1.54, 1.807) is 18.1 Å². The van der Waals surface area contributed by atoms with Crippen molar-refractivity contribution >= 4 is 28.8 Å². The molecule has 1 aromatic heterocycles. The zero-order chi connectivity index (χ0) is 21.4. The molecule has 1 atom stereocenters. The molecule has 0 spiro atoms. The summed E-state index contributed by atoms with van der Waals surface area (Å²) in [6, 6.07) is 7.09. The largest absolute Gasteiger partial charge is 0.507 e. The number of hydrogen-bond acceptors (Lipinski definition) is 5. The maximum atomic E-state index is 13.2. The molecule has 30 heavy (non-hydrogen) atoms. The van der Waals surface area contributed by atoms with Crippen molar-refractivity contribution in [2.75, 3.05) is 7.11 Å². The van der Waals surface area contributed by atoms with Crippen LogP contribution in [0.5, 0.6) is 5.75 Å². The van der Waals surface area contributed by atoms with Gasteiger partial charge in [-0.05, 0) is 55.3 Å². The molecule has 158 valence electrons. The van der Waals surface area contributed by atoms with E-state index in [2.05, 4.69) is 0 Å². The van der Waals surface area contributed by atoms with Crippen molar-refractivity contribution in [3.8, 4) is 5.75 Å². The molecule has 2 aliphatic rings. The van der Waals surface area contributed by atoms with Crippen LogP contribution in [0, 0.1) is 13.8 Å². The van der Waals surface area contributed by atoms with Crippen molar-refractivity contribution in [1.82, 2.24) is 4.90 Å². The summed E-state index contributed by atoms with van der Waals surface area (Å²) in [5.74, 6) is -0.761. The van der Waals surface area contributed by atoms with E-state index < -0.39 is 17.7 Å². The highest BCUT2D eigenvalue weighted by Crippen LogP contribution is 2.45. The zero-order valence-electron chi connectivity index (χ0n) is 17.6. The Morgan fingerprint density at radius 2 is 1.90 bits per heavy atom. The first-order valence-corrected chi connectivity index (χ1v) is 11.3. The van der Waals surface area contributed by atoms with Gasteiger partial charge in [0.15, 0.2) is 0 Å². The van der Waals surface area contributed by atoms with Crippen molar-refractivity contribution in [1.29, 1.82) is 0 Å². The summed E-state index contributed by atoms with van der Waals surface area (Å²) in [4.78, 5) is 29.0. The van der Waals surface area contributed by atoms with Gasteiger partial charge in [0.1, 0.15) is 11.5 Å². The highest BCUT2D eigenvalue weighted by Gasteiger charge is 2.49. The van der Waals surface area contributed by atoms with E-state index >= 15 is 0 Å². The monoisotopic (exact) mass is 425 g/mol. The Balaban J connectivity index is 1.91. The fraction of sp³-hybridized carbons (Fsp3) is 0.417. The minimum absolute atomic E-state index is 0.0220. The predicted octanol–water partition coefficient (Wildman–Crippen LogP) is 5.13. The molecule has 1 saturated carbocycles. The Bertz CT molecular complexity index is 1000. The van der Waals surface area contributed by atoms with E-state index in [1.165, 1.54) is 11.3 Å². The van der Waals surface area contributed by atoms with E-state index in [9.17, 15) is 14.7 Å². The molecule has 5 nitrogen and oxygen atoms in total. The third-order valence-electron chi connectivity index (χ3n) is 6.14. The summed E-state index contributed by atoms with van der Waals surface area (Å²) in [5, 5.41) is 13.3. The van der Waals surface area contributed by atoms with Gasteiger partial charge >= 0.3 is 0 Å². The second-order valence-electron chi connectivity index (χ2n) is 8.18. The highest BCUT2D eigenvalue weighted by molar-refractivity contribution is 7.10. The van der Waals surface area contributed by atoms with Crippen LogP contribution in [0.1, 0.15) is 59.7 Å². The van der Waals surface area contributed by atoms with Crippen LogP contribution >= 0.6 is 11.3 Å². The van der Waals surface area contributed by atoms with Crippen LogP contribution in [0.3, 0.4) is 0 Å². The molecule has 6 heteroatoms. The fourth-order valence-corrected chi connectivity index (χ4v) is 5.69. The average Bonchev–Trinajstić information content (AvgIpc) is 3.35. The number of aliphatic hydroxyl groups excluding tert-OH is 1. The molecule has 2 heterocycles. The Hall–Kier alpha value is -2.60. The normalized spacial score (nSPS) is 22.0. The highest BCUT2D eigenvalue weighted by atomic mass is 32.1. The maximum Gasteiger partial charge on any atom is 0.295 e. The lowest BCUT2D eigenvalue weighted by atomic mass is 9.92. The third kappa shape index (κ3) is 3.43. The first-order valence-electron chi connectivity index (χ1n) is 10.4. The van der Waals surface area contributed by atoms with Crippen LogP contribution in [0.25, 0.3) is 5.76 Å². The summed E-state index contributed by atoms with van der Waals surface area (Å²) in [6.45, 7) is 3.83. The van der Waals surface area contributed by atoms with Gasteiger partial charge in [-0.15, -0.1) is 11.3 Å². The van der Waals surface area contributed by atoms with E-state index in [4.69, 9.17) is 4.74 Å². The number of carbonyl (C=O) groups is 2. The number of hydrogen-bond donors (Lipinski definition) is 1. The predicted molar refractivity (Wildman–Crippen MR) is 118 cm³/mol. The summed E-state index contributed by atoms with van der Waals surface area (Å²) in [6.07, 6.45) is 5.04. The van der Waals surface area contributed by atoms with Crippen molar-refractivity contribution < 1.29 is 19.4 Å². The number of carbonyl (C=O) groups excluding carboxylic acids is 2. The number of rotatable bonds is 4. The van der Waals surface area contributed by atoms with Gasteiger partial charge in [-0.1, -0.05) is 31.4 Å². The molecule has 0 bridgehead atoms. The Morgan fingerprint density at radius 1 is 1.17 bits per heavy atom. The number of Topliss-reactive ketones (excluding diaryl/α,β-unsaturated/α-hetero) is 1. The Kier molecular flexibility index (Phi) is 5.69. The zero-order valence-corrected chi connectivity index (χ0v) is 18.4. The SMILES string of the molecule is COc1c(C)cc(C)cc1/C(O)=C1/C(=O)C(=O)N(C2CCCCC2)C1c1cccs1. The number of thiophene rings is 1. The summed E-state index contributed by atoms with van der Waals surface area (Å²) in [7, 11) is 1.55. The van der Waals surface area contributed by atoms with Crippen molar-refractivity contribution in [3.63, 3.8) is 0 Å². The first kappa shape index (κ1) is 20.7. The topological polar surface area (TPSA) is 66.8 Å². The Labute approximate surface area is 181 Å². The van der Waals surface area contributed by atoms with E-state index in [0.717, 1.165) is 48.1 Å². The molecule has 4 rings (SSSR count). The summed E-state index contributed by atoms with van der Waals surface area (Å²) < 4.78 is 5.54. The lowest BCUT2D eigenvalue weighted by Crippen LogP contribution is -2.40. The molecule has 1 unspecified atom stereocenters. The van der Waals surface area contributed by atoms with Crippen LogP contribution in [0.2, 0.25) is 0 Å². The molecule has 1 aliphatic heterocycles. The Morgan fingerprint density at radius 3 is 2.53 bits per heavy atom.